The minimum absolute atomic E-state index is 0.0455. The Bertz CT molecular complexity index is 956. The number of sulfonamides is 1. The molecule has 2 aromatic carbocycles. The van der Waals surface area contributed by atoms with Gasteiger partial charge in [0.1, 0.15) is 5.82 Å². The summed E-state index contributed by atoms with van der Waals surface area (Å²) in [6, 6.07) is 8.76. The van der Waals surface area contributed by atoms with Gasteiger partial charge in [-0.15, -0.1) is 0 Å². The SMILES string of the molecule is COC(=O)[C@H](C)OC(=O)c1ccc(C)c(S(=O)(=O)Nc2ccc(F)cc2)c1. The third-order valence-electron chi connectivity index (χ3n) is 3.63. The summed E-state index contributed by atoms with van der Waals surface area (Å²) in [5, 5.41) is 0. The lowest BCUT2D eigenvalue weighted by Crippen LogP contribution is -2.25. The summed E-state index contributed by atoms with van der Waals surface area (Å²) in [5.41, 5.74) is 0.515. The molecule has 0 bridgehead atoms. The van der Waals surface area contributed by atoms with Gasteiger partial charge in [-0.25, -0.2) is 22.4 Å². The Balaban J connectivity index is 2.29. The molecule has 0 aromatic heterocycles. The Hall–Kier alpha value is -2.94. The number of nitrogens with one attached hydrogen (secondary N) is 1. The van der Waals surface area contributed by atoms with Gasteiger partial charge in [0.15, 0.2) is 6.10 Å². The van der Waals surface area contributed by atoms with Crippen LogP contribution in [-0.4, -0.2) is 33.6 Å². The summed E-state index contributed by atoms with van der Waals surface area (Å²) in [4.78, 5) is 23.4. The van der Waals surface area contributed by atoms with Crippen molar-refractivity contribution >= 4 is 27.6 Å². The Kier molecular flexibility index (Phi) is 6.17. The van der Waals surface area contributed by atoms with Crippen LogP contribution in [0.5, 0.6) is 0 Å². The van der Waals surface area contributed by atoms with E-state index in [4.69, 9.17) is 4.74 Å². The Morgan fingerprint density at radius 1 is 1.11 bits per heavy atom. The van der Waals surface area contributed by atoms with Crippen molar-refractivity contribution in [2.45, 2.75) is 24.8 Å². The van der Waals surface area contributed by atoms with Gasteiger partial charge >= 0.3 is 11.9 Å². The number of carbonyl (C=O) groups excluding carboxylic acids is 2. The van der Waals surface area contributed by atoms with Gasteiger partial charge < -0.3 is 9.47 Å². The number of hydrogen-bond donors (Lipinski definition) is 1. The molecule has 0 fully saturated rings. The van der Waals surface area contributed by atoms with Crippen LogP contribution in [0.15, 0.2) is 47.4 Å². The van der Waals surface area contributed by atoms with Gasteiger partial charge in [0.2, 0.25) is 0 Å². The van der Waals surface area contributed by atoms with Crippen molar-refractivity contribution in [3.8, 4) is 0 Å². The van der Waals surface area contributed by atoms with Crippen molar-refractivity contribution in [1.82, 2.24) is 0 Å². The lowest BCUT2D eigenvalue weighted by Gasteiger charge is -2.13. The number of aryl methyl sites for hydroxylation is 1. The van der Waals surface area contributed by atoms with E-state index < -0.39 is 33.9 Å². The van der Waals surface area contributed by atoms with Gasteiger partial charge in [-0.05, 0) is 55.8 Å². The third kappa shape index (κ3) is 5.04. The first kappa shape index (κ1) is 20.4. The number of rotatable bonds is 6. The molecule has 27 heavy (non-hydrogen) atoms. The van der Waals surface area contributed by atoms with E-state index >= 15 is 0 Å². The number of ether oxygens (including phenoxy) is 2. The van der Waals surface area contributed by atoms with E-state index in [0.29, 0.717) is 5.56 Å². The number of anilines is 1. The van der Waals surface area contributed by atoms with Crippen molar-refractivity contribution in [2.75, 3.05) is 11.8 Å². The molecular formula is C18H18FNO6S. The molecule has 0 aliphatic rings. The average Bonchev–Trinajstić information content (AvgIpc) is 2.62. The molecule has 0 saturated carbocycles. The van der Waals surface area contributed by atoms with E-state index in [1.165, 1.54) is 31.2 Å². The van der Waals surface area contributed by atoms with E-state index in [1.807, 2.05) is 0 Å². The van der Waals surface area contributed by atoms with Crippen LogP contribution in [0.4, 0.5) is 10.1 Å². The normalized spacial score (nSPS) is 12.1. The molecule has 0 saturated heterocycles. The van der Waals surface area contributed by atoms with E-state index in [9.17, 15) is 22.4 Å². The summed E-state index contributed by atoms with van der Waals surface area (Å²) in [7, 11) is -2.88. The highest BCUT2D eigenvalue weighted by atomic mass is 32.2. The van der Waals surface area contributed by atoms with E-state index in [-0.39, 0.29) is 16.1 Å². The summed E-state index contributed by atoms with van der Waals surface area (Å²) < 4.78 is 50.0. The van der Waals surface area contributed by atoms with E-state index in [0.717, 1.165) is 25.3 Å². The molecule has 9 heteroatoms. The second-order valence-electron chi connectivity index (χ2n) is 5.66. The number of carbonyl (C=O) groups is 2. The Labute approximate surface area is 156 Å². The van der Waals surface area contributed by atoms with Crippen molar-refractivity contribution in [3.63, 3.8) is 0 Å². The fourth-order valence-corrected chi connectivity index (χ4v) is 3.52. The Morgan fingerprint density at radius 3 is 2.33 bits per heavy atom. The van der Waals surface area contributed by atoms with Crippen LogP contribution in [-0.2, 0) is 24.3 Å². The highest BCUT2D eigenvalue weighted by molar-refractivity contribution is 7.92. The summed E-state index contributed by atoms with van der Waals surface area (Å²) in [5.74, 6) is -2.11. The van der Waals surface area contributed by atoms with Crippen molar-refractivity contribution in [1.29, 1.82) is 0 Å². The molecule has 1 N–H and O–H groups in total. The molecule has 0 radical (unpaired) electrons. The summed E-state index contributed by atoms with van der Waals surface area (Å²) >= 11 is 0. The highest BCUT2D eigenvalue weighted by Crippen LogP contribution is 2.22. The molecule has 0 heterocycles. The monoisotopic (exact) mass is 395 g/mol. The fourth-order valence-electron chi connectivity index (χ4n) is 2.19. The number of methoxy groups -OCH3 is 1. The fraction of sp³-hybridized carbons (Fsp3) is 0.222. The van der Waals surface area contributed by atoms with Gasteiger partial charge in [-0.3, -0.25) is 4.72 Å². The molecule has 0 unspecified atom stereocenters. The minimum Gasteiger partial charge on any atom is -0.466 e. The average molecular weight is 395 g/mol. The summed E-state index contributed by atoms with van der Waals surface area (Å²) in [6.07, 6.45) is -1.14. The maximum absolute atomic E-state index is 13.0. The first-order chi connectivity index (χ1) is 12.6. The smallest absolute Gasteiger partial charge is 0.346 e. The van der Waals surface area contributed by atoms with Gasteiger partial charge in [-0.2, -0.15) is 0 Å². The van der Waals surface area contributed by atoms with E-state index in [2.05, 4.69) is 9.46 Å². The number of benzene rings is 2. The van der Waals surface area contributed by atoms with Gasteiger partial charge in [-0.1, -0.05) is 6.07 Å². The summed E-state index contributed by atoms with van der Waals surface area (Å²) in [6.45, 7) is 2.90. The van der Waals surface area contributed by atoms with Crippen molar-refractivity contribution in [2.24, 2.45) is 0 Å². The molecule has 7 nitrogen and oxygen atoms in total. The van der Waals surface area contributed by atoms with Gasteiger partial charge in [0.25, 0.3) is 10.0 Å². The number of esters is 2. The van der Waals surface area contributed by atoms with Crippen molar-refractivity contribution < 1.29 is 31.9 Å². The van der Waals surface area contributed by atoms with Crippen molar-refractivity contribution in [3.05, 3.63) is 59.4 Å². The minimum atomic E-state index is -4.03. The predicted octanol–water partition coefficient (Wildman–Crippen LogP) is 2.65. The molecular weight excluding hydrogens is 377 g/mol. The van der Waals surface area contributed by atoms with Crippen LogP contribution in [0.2, 0.25) is 0 Å². The van der Waals surface area contributed by atoms with E-state index in [1.54, 1.807) is 6.92 Å². The molecule has 2 rings (SSSR count). The molecule has 2 aromatic rings. The van der Waals surface area contributed by atoms with Gasteiger partial charge in [0, 0.05) is 5.69 Å². The second-order valence-corrected chi connectivity index (χ2v) is 7.31. The third-order valence-corrected chi connectivity index (χ3v) is 5.15. The second kappa shape index (κ2) is 8.17. The van der Waals surface area contributed by atoms with Gasteiger partial charge in [0.05, 0.1) is 17.6 Å². The van der Waals surface area contributed by atoms with Crippen LogP contribution in [0, 0.1) is 12.7 Å². The van der Waals surface area contributed by atoms with Crippen LogP contribution >= 0.6 is 0 Å². The lowest BCUT2D eigenvalue weighted by atomic mass is 10.1. The largest absolute Gasteiger partial charge is 0.466 e. The lowest BCUT2D eigenvalue weighted by molar-refractivity contribution is -0.149. The molecule has 1 atom stereocenters. The van der Waals surface area contributed by atoms with Crippen LogP contribution in [0.1, 0.15) is 22.8 Å². The molecule has 0 amide bonds. The molecule has 0 aliphatic carbocycles. The van der Waals surface area contributed by atoms with Crippen LogP contribution in [0.3, 0.4) is 0 Å². The topological polar surface area (TPSA) is 98.8 Å². The molecule has 144 valence electrons. The number of halogens is 1. The zero-order valence-electron chi connectivity index (χ0n) is 14.9. The van der Waals surface area contributed by atoms with Crippen LogP contribution < -0.4 is 4.72 Å². The first-order valence-electron chi connectivity index (χ1n) is 7.82. The number of hydrogen-bond acceptors (Lipinski definition) is 6. The maximum Gasteiger partial charge on any atom is 0.346 e. The highest BCUT2D eigenvalue weighted by Gasteiger charge is 2.23. The molecule has 0 aliphatic heterocycles. The maximum atomic E-state index is 13.0. The van der Waals surface area contributed by atoms with Crippen LogP contribution in [0.25, 0.3) is 0 Å². The molecule has 0 spiro atoms. The Morgan fingerprint density at radius 2 is 1.74 bits per heavy atom. The standard InChI is InChI=1S/C18H18FNO6S/c1-11-4-5-13(18(22)26-12(2)17(21)25-3)10-16(11)27(23,24)20-15-8-6-14(19)7-9-15/h4-10,12,20H,1-3H3/t12-/m0/s1. The predicted molar refractivity (Wildman–Crippen MR) is 95.3 cm³/mol. The first-order valence-corrected chi connectivity index (χ1v) is 9.30. The zero-order valence-corrected chi connectivity index (χ0v) is 15.7. The quantitative estimate of drug-likeness (QED) is 0.755. The zero-order chi connectivity index (χ0) is 20.2.